The molecule has 1 saturated heterocycles. The lowest BCUT2D eigenvalue weighted by Gasteiger charge is -2.28. The van der Waals surface area contributed by atoms with Crippen molar-refractivity contribution >= 4 is 17.3 Å². The van der Waals surface area contributed by atoms with E-state index in [9.17, 15) is 4.79 Å². The van der Waals surface area contributed by atoms with Gasteiger partial charge in [0.15, 0.2) is 0 Å². The molecule has 1 aliphatic heterocycles. The first-order valence-electron chi connectivity index (χ1n) is 7.44. The first kappa shape index (κ1) is 14.9. The fourth-order valence-electron chi connectivity index (χ4n) is 2.41. The molecule has 1 aromatic carbocycles. The van der Waals surface area contributed by atoms with E-state index < -0.39 is 0 Å². The average molecular weight is 276 g/mol. The number of morpholine rings is 1. The number of rotatable bonds is 5. The van der Waals surface area contributed by atoms with Crippen molar-refractivity contribution in [2.24, 2.45) is 5.92 Å². The fourth-order valence-corrected chi connectivity index (χ4v) is 2.41. The molecule has 1 aromatic rings. The third kappa shape index (κ3) is 3.97. The molecule has 1 unspecified atom stereocenters. The van der Waals surface area contributed by atoms with Crippen LogP contribution in [0.3, 0.4) is 0 Å². The van der Waals surface area contributed by atoms with E-state index in [0.717, 1.165) is 44.8 Å². The molecule has 1 N–H and O–H groups in total. The van der Waals surface area contributed by atoms with Gasteiger partial charge < -0.3 is 15.0 Å². The zero-order chi connectivity index (χ0) is 14.4. The van der Waals surface area contributed by atoms with Gasteiger partial charge in [-0.25, -0.2) is 0 Å². The smallest absolute Gasteiger partial charge is 0.227 e. The average Bonchev–Trinajstić information content (AvgIpc) is 2.49. The highest BCUT2D eigenvalue weighted by Crippen LogP contribution is 2.19. The highest BCUT2D eigenvalue weighted by atomic mass is 16.5. The van der Waals surface area contributed by atoms with Crippen LogP contribution in [0.1, 0.15) is 26.7 Å². The number of carbonyl (C=O) groups excluding carboxylic acids is 1. The molecule has 110 valence electrons. The second kappa shape index (κ2) is 7.29. The molecule has 0 radical (unpaired) electrons. The summed E-state index contributed by atoms with van der Waals surface area (Å²) in [6, 6.07) is 8.07. The van der Waals surface area contributed by atoms with Crippen LogP contribution in [-0.2, 0) is 9.53 Å². The summed E-state index contributed by atoms with van der Waals surface area (Å²) in [4.78, 5) is 14.3. The topological polar surface area (TPSA) is 41.6 Å². The Morgan fingerprint density at radius 3 is 2.55 bits per heavy atom. The van der Waals surface area contributed by atoms with Gasteiger partial charge in [0.25, 0.3) is 0 Å². The van der Waals surface area contributed by atoms with Crippen molar-refractivity contribution in [1.29, 1.82) is 0 Å². The molecule has 2 rings (SSSR count). The maximum atomic E-state index is 12.0. The summed E-state index contributed by atoms with van der Waals surface area (Å²) in [5, 5.41) is 2.97. The maximum Gasteiger partial charge on any atom is 0.227 e. The molecule has 0 aliphatic carbocycles. The summed E-state index contributed by atoms with van der Waals surface area (Å²) in [5.41, 5.74) is 2.06. The van der Waals surface area contributed by atoms with Gasteiger partial charge in [-0.3, -0.25) is 4.79 Å². The van der Waals surface area contributed by atoms with E-state index in [-0.39, 0.29) is 11.8 Å². The van der Waals surface area contributed by atoms with E-state index in [1.165, 1.54) is 5.69 Å². The molecule has 0 saturated carbocycles. The van der Waals surface area contributed by atoms with Gasteiger partial charge in [-0.2, -0.15) is 0 Å². The van der Waals surface area contributed by atoms with E-state index in [0.29, 0.717) is 0 Å². The monoisotopic (exact) mass is 276 g/mol. The van der Waals surface area contributed by atoms with Gasteiger partial charge in [0.05, 0.1) is 13.2 Å². The number of hydrogen-bond acceptors (Lipinski definition) is 3. The van der Waals surface area contributed by atoms with E-state index in [2.05, 4.69) is 29.3 Å². The van der Waals surface area contributed by atoms with Crippen molar-refractivity contribution in [3.05, 3.63) is 24.3 Å². The van der Waals surface area contributed by atoms with Gasteiger partial charge in [-0.1, -0.05) is 20.3 Å². The molecule has 1 heterocycles. The number of ether oxygens (including phenoxy) is 1. The molecular formula is C16H24N2O2. The molecule has 0 bridgehead atoms. The van der Waals surface area contributed by atoms with Crippen molar-refractivity contribution < 1.29 is 9.53 Å². The van der Waals surface area contributed by atoms with E-state index in [4.69, 9.17) is 4.74 Å². The van der Waals surface area contributed by atoms with Crippen molar-refractivity contribution in [2.75, 3.05) is 36.5 Å². The minimum Gasteiger partial charge on any atom is -0.378 e. The Labute approximate surface area is 121 Å². The number of hydrogen-bond donors (Lipinski definition) is 1. The Morgan fingerprint density at radius 2 is 1.95 bits per heavy atom. The van der Waals surface area contributed by atoms with Crippen LogP contribution in [-0.4, -0.2) is 32.2 Å². The Kier molecular flexibility index (Phi) is 5.41. The van der Waals surface area contributed by atoms with Gasteiger partial charge in [0, 0.05) is 30.4 Å². The molecular weight excluding hydrogens is 252 g/mol. The lowest BCUT2D eigenvalue weighted by molar-refractivity contribution is -0.119. The van der Waals surface area contributed by atoms with Crippen LogP contribution >= 0.6 is 0 Å². The van der Waals surface area contributed by atoms with Crippen molar-refractivity contribution in [3.8, 4) is 0 Å². The predicted octanol–water partition coefficient (Wildman–Crippen LogP) is 2.90. The molecule has 4 heteroatoms. The number of carbonyl (C=O) groups is 1. The largest absolute Gasteiger partial charge is 0.378 e. The van der Waals surface area contributed by atoms with Gasteiger partial charge in [0.2, 0.25) is 5.91 Å². The highest BCUT2D eigenvalue weighted by molar-refractivity contribution is 5.92. The number of benzene rings is 1. The number of nitrogens with zero attached hydrogens (tertiary/aromatic N) is 1. The third-order valence-corrected chi connectivity index (χ3v) is 3.68. The SMILES string of the molecule is CCCC(C)C(=O)Nc1ccc(N2CCOCC2)cc1. The number of nitrogens with one attached hydrogen (secondary N) is 1. The lowest BCUT2D eigenvalue weighted by atomic mass is 10.1. The summed E-state index contributed by atoms with van der Waals surface area (Å²) in [5.74, 6) is 0.171. The lowest BCUT2D eigenvalue weighted by Crippen LogP contribution is -2.36. The second-order valence-electron chi connectivity index (χ2n) is 5.33. The number of anilines is 2. The van der Waals surface area contributed by atoms with Crippen LogP contribution in [0.4, 0.5) is 11.4 Å². The molecule has 1 fully saturated rings. The van der Waals surface area contributed by atoms with Gasteiger partial charge in [0.1, 0.15) is 0 Å². The van der Waals surface area contributed by atoms with Crippen LogP contribution in [0.15, 0.2) is 24.3 Å². The molecule has 1 aliphatic rings. The number of amides is 1. The first-order valence-corrected chi connectivity index (χ1v) is 7.44. The summed E-state index contributed by atoms with van der Waals surface area (Å²) in [6.07, 6.45) is 1.96. The quantitative estimate of drug-likeness (QED) is 0.899. The molecule has 1 amide bonds. The second-order valence-corrected chi connectivity index (χ2v) is 5.33. The first-order chi connectivity index (χ1) is 9.70. The van der Waals surface area contributed by atoms with Gasteiger partial charge >= 0.3 is 0 Å². The van der Waals surface area contributed by atoms with E-state index >= 15 is 0 Å². The minimum atomic E-state index is 0.0684. The normalized spacial score (nSPS) is 16.8. The maximum absolute atomic E-state index is 12.0. The summed E-state index contributed by atoms with van der Waals surface area (Å²) >= 11 is 0. The molecule has 20 heavy (non-hydrogen) atoms. The fraction of sp³-hybridized carbons (Fsp3) is 0.562. The Morgan fingerprint density at radius 1 is 1.30 bits per heavy atom. The summed E-state index contributed by atoms with van der Waals surface area (Å²) in [7, 11) is 0. The third-order valence-electron chi connectivity index (χ3n) is 3.68. The van der Waals surface area contributed by atoms with Crippen LogP contribution < -0.4 is 10.2 Å². The Hall–Kier alpha value is -1.55. The zero-order valence-corrected chi connectivity index (χ0v) is 12.4. The van der Waals surface area contributed by atoms with Crippen LogP contribution in [0.2, 0.25) is 0 Å². The van der Waals surface area contributed by atoms with Crippen molar-refractivity contribution in [2.45, 2.75) is 26.7 Å². The molecule has 4 nitrogen and oxygen atoms in total. The predicted molar refractivity (Wildman–Crippen MR) is 82.2 cm³/mol. The van der Waals surface area contributed by atoms with E-state index in [1.807, 2.05) is 19.1 Å². The molecule has 1 atom stereocenters. The Balaban J connectivity index is 1.92. The summed E-state index contributed by atoms with van der Waals surface area (Å²) in [6.45, 7) is 7.50. The summed E-state index contributed by atoms with van der Waals surface area (Å²) < 4.78 is 5.35. The Bertz CT molecular complexity index is 425. The van der Waals surface area contributed by atoms with Crippen molar-refractivity contribution in [1.82, 2.24) is 0 Å². The van der Waals surface area contributed by atoms with Crippen LogP contribution in [0, 0.1) is 5.92 Å². The molecule has 0 spiro atoms. The van der Waals surface area contributed by atoms with Crippen LogP contribution in [0.5, 0.6) is 0 Å². The van der Waals surface area contributed by atoms with Crippen LogP contribution in [0.25, 0.3) is 0 Å². The van der Waals surface area contributed by atoms with E-state index in [1.54, 1.807) is 0 Å². The minimum absolute atomic E-state index is 0.0684. The van der Waals surface area contributed by atoms with Crippen molar-refractivity contribution in [3.63, 3.8) is 0 Å². The zero-order valence-electron chi connectivity index (χ0n) is 12.4. The molecule has 0 aromatic heterocycles. The highest BCUT2D eigenvalue weighted by Gasteiger charge is 2.13. The standard InChI is InChI=1S/C16H24N2O2/c1-3-4-13(2)16(19)17-14-5-7-15(8-6-14)18-9-11-20-12-10-18/h5-8,13H,3-4,9-12H2,1-2H3,(H,17,19). The van der Waals surface area contributed by atoms with Gasteiger partial charge in [-0.15, -0.1) is 0 Å². The van der Waals surface area contributed by atoms with Gasteiger partial charge in [-0.05, 0) is 30.7 Å².